The van der Waals surface area contributed by atoms with Gasteiger partial charge in [-0.3, -0.25) is 14.4 Å². The van der Waals surface area contributed by atoms with Gasteiger partial charge in [-0.25, -0.2) is 9.78 Å². The molecular formula is C48H43F3N4O5S. The number of nitrogens with one attached hydrogen (secondary N) is 3. The summed E-state index contributed by atoms with van der Waals surface area (Å²) in [4.78, 5) is 57.0. The molecule has 0 aliphatic heterocycles. The van der Waals surface area contributed by atoms with Crippen LogP contribution in [0.25, 0.3) is 11.1 Å². The largest absolute Gasteiger partial charge is 0.491 e. The van der Waals surface area contributed by atoms with Gasteiger partial charge in [0.25, 0.3) is 0 Å². The van der Waals surface area contributed by atoms with Crippen LogP contribution in [0.3, 0.4) is 0 Å². The number of carbonyl (C=O) groups is 4. The maximum Gasteiger partial charge on any atom is 0.491 e. The molecule has 61 heavy (non-hydrogen) atoms. The number of rotatable bonds is 18. The van der Waals surface area contributed by atoms with Gasteiger partial charge in [0.05, 0.1) is 17.2 Å². The monoisotopic (exact) mass is 844 g/mol. The Balaban J connectivity index is 1.32. The lowest BCUT2D eigenvalue weighted by Gasteiger charge is -2.36. The minimum atomic E-state index is -5.41. The Labute approximate surface area is 356 Å². The number of nitrogens with zero attached hydrogens (tertiary/aromatic N) is 1. The molecule has 13 heteroatoms. The Hall–Kier alpha value is -6.73. The molecule has 1 aromatic heterocycles. The number of hydrogen-bond acceptors (Lipinski definition) is 8. The highest BCUT2D eigenvalue weighted by molar-refractivity contribution is 8.00. The van der Waals surface area contributed by atoms with Gasteiger partial charge in [-0.2, -0.15) is 13.2 Å². The normalized spacial score (nSPS) is 12.4. The molecular weight excluding hydrogens is 802 g/mol. The Morgan fingerprint density at radius 1 is 0.639 bits per heavy atom. The number of amides is 2. The van der Waals surface area contributed by atoms with E-state index in [4.69, 9.17) is 0 Å². The Morgan fingerprint density at radius 2 is 1.16 bits per heavy atom. The Kier molecular flexibility index (Phi) is 15.1. The van der Waals surface area contributed by atoms with E-state index < -0.39 is 53.2 Å². The maximum atomic E-state index is 14.6. The average Bonchev–Trinajstić information content (AvgIpc) is 3.29. The summed E-state index contributed by atoms with van der Waals surface area (Å²) in [5.74, 6) is -4.63. The van der Waals surface area contributed by atoms with E-state index in [2.05, 4.69) is 25.7 Å². The first-order valence-electron chi connectivity index (χ1n) is 19.6. The third kappa shape index (κ3) is 11.9. The van der Waals surface area contributed by atoms with E-state index in [1.54, 1.807) is 42.6 Å². The lowest BCUT2D eigenvalue weighted by molar-refractivity contribution is -0.202. The first-order chi connectivity index (χ1) is 29.5. The molecule has 9 nitrogen and oxygen atoms in total. The number of anilines is 1. The smallest absolute Gasteiger partial charge is 0.386 e. The van der Waals surface area contributed by atoms with Gasteiger partial charge in [0.15, 0.2) is 0 Å². The number of ether oxygens (including phenoxy) is 1. The zero-order valence-electron chi connectivity index (χ0n) is 32.9. The van der Waals surface area contributed by atoms with E-state index >= 15 is 0 Å². The number of thioether (sulfide) groups is 1. The predicted octanol–water partition coefficient (Wildman–Crippen LogP) is 9.03. The van der Waals surface area contributed by atoms with Crippen molar-refractivity contribution in [2.45, 2.75) is 42.3 Å². The summed E-state index contributed by atoms with van der Waals surface area (Å²) in [7, 11) is 0. The van der Waals surface area contributed by atoms with Crippen LogP contribution in [-0.2, 0) is 28.7 Å². The van der Waals surface area contributed by atoms with Crippen molar-refractivity contribution < 1.29 is 37.1 Å². The van der Waals surface area contributed by atoms with E-state index in [0.717, 1.165) is 27.8 Å². The fourth-order valence-electron chi connectivity index (χ4n) is 6.79. The molecule has 3 N–H and O–H groups in total. The summed E-state index contributed by atoms with van der Waals surface area (Å²) in [6.07, 6.45) is -4.12. The van der Waals surface area contributed by atoms with E-state index in [-0.39, 0.29) is 12.2 Å². The summed E-state index contributed by atoms with van der Waals surface area (Å²) in [5.41, 5.74) is 4.79. The van der Waals surface area contributed by atoms with E-state index in [9.17, 15) is 32.3 Å². The van der Waals surface area contributed by atoms with Crippen LogP contribution in [0.1, 0.15) is 47.6 Å². The molecule has 312 valence electrons. The molecule has 0 fully saturated rings. The quantitative estimate of drug-likeness (QED) is 0.0339. The summed E-state index contributed by atoms with van der Waals surface area (Å²) in [5, 5.41) is 8.87. The van der Waals surface area contributed by atoms with Crippen molar-refractivity contribution in [2.75, 3.05) is 17.6 Å². The van der Waals surface area contributed by atoms with Crippen molar-refractivity contribution >= 4 is 41.3 Å². The van der Waals surface area contributed by atoms with E-state index in [0.29, 0.717) is 24.3 Å². The van der Waals surface area contributed by atoms with Crippen molar-refractivity contribution in [1.82, 2.24) is 15.6 Å². The fraction of sp³-hybridized carbons (Fsp3) is 0.188. The average molecular weight is 845 g/mol. The number of carbonyl (C=O) groups excluding carboxylic acids is 4. The second-order valence-electron chi connectivity index (χ2n) is 14.0. The van der Waals surface area contributed by atoms with Crippen LogP contribution in [0.5, 0.6) is 0 Å². The fourth-order valence-corrected chi connectivity index (χ4v) is 8.35. The second-order valence-corrected chi connectivity index (χ2v) is 15.2. The highest BCUT2D eigenvalue weighted by Gasteiger charge is 2.43. The molecule has 0 saturated carbocycles. The topological polar surface area (TPSA) is 126 Å². The highest BCUT2D eigenvalue weighted by atomic mass is 32.2. The summed E-state index contributed by atoms with van der Waals surface area (Å²) >= 11 is 1.42. The third-order valence-corrected chi connectivity index (χ3v) is 11.4. The third-order valence-electron chi connectivity index (χ3n) is 9.76. The van der Waals surface area contributed by atoms with Gasteiger partial charge < -0.3 is 20.7 Å². The van der Waals surface area contributed by atoms with Gasteiger partial charge in [-0.1, -0.05) is 152 Å². The van der Waals surface area contributed by atoms with Gasteiger partial charge in [0.2, 0.25) is 11.8 Å². The zero-order chi connectivity index (χ0) is 43.1. The summed E-state index contributed by atoms with van der Waals surface area (Å²) in [6, 6.07) is 48.4. The lowest BCUT2D eigenvalue weighted by Crippen LogP contribution is -2.50. The molecule has 6 rings (SSSR count). The Morgan fingerprint density at radius 3 is 1.69 bits per heavy atom. The van der Waals surface area contributed by atoms with Crippen LogP contribution in [0.15, 0.2) is 170 Å². The van der Waals surface area contributed by atoms with Crippen molar-refractivity contribution in [1.29, 1.82) is 0 Å². The van der Waals surface area contributed by atoms with Gasteiger partial charge in [0, 0.05) is 24.9 Å². The molecule has 1 heterocycles. The highest BCUT2D eigenvalue weighted by Crippen LogP contribution is 2.48. The number of aromatic nitrogens is 1. The number of benzene rings is 5. The molecule has 1 unspecified atom stereocenters. The van der Waals surface area contributed by atoms with Crippen LogP contribution in [0.2, 0.25) is 0 Å². The molecule has 5 aromatic carbocycles. The van der Waals surface area contributed by atoms with Crippen LogP contribution in [-0.4, -0.2) is 53.3 Å². The van der Waals surface area contributed by atoms with Gasteiger partial charge in [-0.15, -0.1) is 11.8 Å². The molecule has 2 atom stereocenters. The predicted molar refractivity (Wildman–Crippen MR) is 230 cm³/mol. The Bertz CT molecular complexity index is 2240. The molecule has 0 radical (unpaired) electrons. The molecule has 0 aliphatic rings. The van der Waals surface area contributed by atoms with Crippen molar-refractivity contribution in [2.24, 2.45) is 0 Å². The molecule has 2 amide bonds. The number of esters is 2. The second kappa shape index (κ2) is 21.0. The minimum Gasteiger partial charge on any atom is -0.386 e. The minimum absolute atomic E-state index is 0.0130. The molecule has 0 aliphatic carbocycles. The van der Waals surface area contributed by atoms with E-state index in [1.165, 1.54) is 11.8 Å². The van der Waals surface area contributed by atoms with Gasteiger partial charge in [0.1, 0.15) is 11.9 Å². The summed E-state index contributed by atoms with van der Waals surface area (Å²) < 4.78 is 42.6. The number of halogens is 3. The standard InChI is InChI=1S/C48H43F3N4O5S/c49-48(50,51)46(59)60-44(57)32-40(36-28-26-35(27-29-36)34-16-5-1-6-17-34)55-45(58)41(54-43(56)25-15-31-53-42-24-13-14-30-52-42)33-61-47(37-18-7-2-8-19-37,38-20-9-3-10-21-38)39-22-11-4-12-23-39/h1-14,16-24,26-30,40-41H,15,25,31-33H2,(H,52,53)(H,54,56)(H,55,58)/t40?,41-/m1/s1. The number of pyridine rings is 1. The van der Waals surface area contributed by atoms with Gasteiger partial charge >= 0.3 is 18.1 Å². The zero-order valence-corrected chi connectivity index (χ0v) is 33.7. The van der Waals surface area contributed by atoms with Crippen molar-refractivity contribution in [3.05, 3.63) is 192 Å². The lowest BCUT2D eigenvalue weighted by atomic mass is 9.84. The maximum absolute atomic E-state index is 14.6. The number of hydrogen-bond donors (Lipinski definition) is 3. The first-order valence-corrected chi connectivity index (χ1v) is 20.5. The van der Waals surface area contributed by atoms with Crippen LogP contribution in [0, 0.1) is 0 Å². The first kappa shape index (κ1) is 43.8. The van der Waals surface area contributed by atoms with Crippen LogP contribution < -0.4 is 16.0 Å². The van der Waals surface area contributed by atoms with Crippen molar-refractivity contribution in [3.63, 3.8) is 0 Å². The summed E-state index contributed by atoms with van der Waals surface area (Å²) in [6.45, 7) is 0.426. The number of alkyl halides is 3. The van der Waals surface area contributed by atoms with Gasteiger partial charge in [-0.05, 0) is 51.9 Å². The van der Waals surface area contributed by atoms with Crippen LogP contribution in [0.4, 0.5) is 19.0 Å². The SMILES string of the molecule is O=C(CCCNc1ccccn1)N[C@H](CSC(c1ccccc1)(c1ccccc1)c1ccccc1)C(=O)NC(CC(=O)OC(=O)C(F)(F)F)c1ccc(-c2ccccc2)cc1. The molecule has 0 saturated heterocycles. The molecule has 0 bridgehead atoms. The van der Waals surface area contributed by atoms with E-state index in [1.807, 2.05) is 127 Å². The molecule has 6 aromatic rings. The van der Waals surface area contributed by atoms with Crippen molar-refractivity contribution in [3.8, 4) is 11.1 Å². The molecule has 0 spiro atoms. The van der Waals surface area contributed by atoms with Crippen LogP contribution >= 0.6 is 11.8 Å².